The van der Waals surface area contributed by atoms with E-state index >= 15 is 0 Å². The first-order valence-corrected chi connectivity index (χ1v) is 10.3. The minimum atomic E-state index is -0.345. The summed E-state index contributed by atoms with van der Waals surface area (Å²) in [6.45, 7) is 5.30. The summed E-state index contributed by atoms with van der Waals surface area (Å²) in [6, 6.07) is 3.62. The highest BCUT2D eigenvalue weighted by Crippen LogP contribution is 2.18. The molecule has 0 radical (unpaired) electrons. The lowest BCUT2D eigenvalue weighted by molar-refractivity contribution is 0.555. The van der Waals surface area contributed by atoms with Gasteiger partial charge in [-0.2, -0.15) is 5.10 Å². The van der Waals surface area contributed by atoms with Crippen LogP contribution in [-0.4, -0.2) is 33.9 Å². The van der Waals surface area contributed by atoms with E-state index in [4.69, 9.17) is 11.6 Å². The lowest BCUT2D eigenvalue weighted by atomic mass is 10.3. The number of aromatic nitrogens is 7. The number of hydrogen-bond acceptors (Lipinski definition) is 5. The van der Waals surface area contributed by atoms with Crippen LogP contribution >= 0.6 is 11.6 Å². The molecule has 0 amide bonds. The second kappa shape index (κ2) is 8.27. The predicted molar refractivity (Wildman–Crippen MR) is 115 cm³/mol. The van der Waals surface area contributed by atoms with E-state index in [1.54, 1.807) is 27.7 Å². The summed E-state index contributed by atoms with van der Waals surface area (Å²) in [4.78, 5) is 37.4. The van der Waals surface area contributed by atoms with Crippen molar-refractivity contribution in [2.24, 2.45) is 0 Å². The van der Waals surface area contributed by atoms with Crippen molar-refractivity contribution >= 4 is 22.8 Å². The normalized spacial score (nSPS) is 11.4. The van der Waals surface area contributed by atoms with Crippen molar-refractivity contribution in [3.8, 4) is 11.4 Å². The van der Waals surface area contributed by atoms with E-state index < -0.39 is 0 Å². The lowest BCUT2D eigenvalue weighted by Crippen LogP contribution is -2.40. The summed E-state index contributed by atoms with van der Waals surface area (Å²) in [5.74, 6) is 0.501. The first kappa shape index (κ1) is 20.1. The molecule has 0 spiro atoms. The number of aryl methyl sites for hydroxylation is 1. The van der Waals surface area contributed by atoms with Crippen LogP contribution in [0.4, 0.5) is 0 Å². The number of nitrogens with one attached hydrogen (secondary N) is 1. The minimum Gasteiger partial charge on any atom is -0.332 e. The third-order valence-corrected chi connectivity index (χ3v) is 5.02. The lowest BCUT2D eigenvalue weighted by Gasteiger charge is -2.09. The molecule has 9 nitrogen and oxygen atoms in total. The molecule has 0 aromatic carbocycles. The van der Waals surface area contributed by atoms with E-state index in [1.807, 2.05) is 26.1 Å². The van der Waals surface area contributed by atoms with Crippen LogP contribution in [0.15, 0.2) is 40.3 Å². The van der Waals surface area contributed by atoms with Crippen LogP contribution in [0.3, 0.4) is 0 Å². The van der Waals surface area contributed by atoms with Gasteiger partial charge in [0, 0.05) is 25.5 Å². The number of fused-ring (bicyclic) bond motifs is 1. The number of imidazole rings is 1. The molecule has 0 aliphatic heterocycles. The number of rotatable bonds is 7. The third kappa shape index (κ3) is 3.68. The van der Waals surface area contributed by atoms with E-state index in [1.165, 1.54) is 4.57 Å². The van der Waals surface area contributed by atoms with Crippen LogP contribution < -0.4 is 11.2 Å². The van der Waals surface area contributed by atoms with Gasteiger partial charge >= 0.3 is 5.69 Å². The molecule has 0 fully saturated rings. The Labute approximate surface area is 177 Å². The molecule has 0 saturated carbocycles. The molecule has 0 aliphatic carbocycles. The number of pyridine rings is 1. The number of nitrogens with zero attached hydrogens (tertiary/aromatic N) is 6. The minimum absolute atomic E-state index is 0.319. The molecule has 10 heteroatoms. The Morgan fingerprint density at radius 3 is 2.53 bits per heavy atom. The summed E-state index contributed by atoms with van der Waals surface area (Å²) in [5, 5.41) is 4.81. The van der Waals surface area contributed by atoms with Gasteiger partial charge < -0.3 is 4.98 Å². The molecule has 156 valence electrons. The SMILES string of the molecule is CCCn1c(=O)c2[nH]c(-c3cnn(Cc4ccc(Cl)nc4)c3)nc2n(CCC)c1=O. The van der Waals surface area contributed by atoms with E-state index in [9.17, 15) is 9.59 Å². The highest BCUT2D eigenvalue weighted by Gasteiger charge is 2.18. The predicted octanol–water partition coefficient (Wildman–Crippen LogP) is 2.67. The molecule has 0 saturated heterocycles. The quantitative estimate of drug-likeness (QED) is 0.456. The van der Waals surface area contributed by atoms with Gasteiger partial charge in [-0.05, 0) is 24.5 Å². The number of H-pyrrole nitrogens is 1. The Kier molecular flexibility index (Phi) is 5.54. The summed E-state index contributed by atoms with van der Waals surface area (Å²) < 4.78 is 4.59. The van der Waals surface area contributed by atoms with Gasteiger partial charge in [-0.3, -0.25) is 18.6 Å². The average Bonchev–Trinajstić information content (AvgIpc) is 3.37. The molecule has 0 aliphatic rings. The topological polar surface area (TPSA) is 103 Å². The smallest absolute Gasteiger partial charge is 0.332 e. The van der Waals surface area contributed by atoms with Gasteiger partial charge in [0.1, 0.15) is 16.5 Å². The van der Waals surface area contributed by atoms with E-state index in [0.29, 0.717) is 48.2 Å². The zero-order valence-corrected chi connectivity index (χ0v) is 17.6. The Balaban J connectivity index is 1.75. The Morgan fingerprint density at radius 1 is 1.07 bits per heavy atom. The number of halogens is 1. The maximum absolute atomic E-state index is 12.9. The van der Waals surface area contributed by atoms with Crippen LogP contribution in [0.25, 0.3) is 22.6 Å². The maximum Gasteiger partial charge on any atom is 0.332 e. The first-order valence-electron chi connectivity index (χ1n) is 9.88. The van der Waals surface area contributed by atoms with Crippen LogP contribution in [0, 0.1) is 0 Å². The maximum atomic E-state index is 12.9. The summed E-state index contributed by atoms with van der Waals surface area (Å²) in [5.41, 5.74) is 1.73. The monoisotopic (exact) mass is 427 g/mol. The summed E-state index contributed by atoms with van der Waals surface area (Å²) in [6.07, 6.45) is 6.66. The summed E-state index contributed by atoms with van der Waals surface area (Å²) >= 11 is 5.83. The molecule has 30 heavy (non-hydrogen) atoms. The Morgan fingerprint density at radius 2 is 1.83 bits per heavy atom. The highest BCUT2D eigenvalue weighted by molar-refractivity contribution is 6.29. The second-order valence-electron chi connectivity index (χ2n) is 7.09. The average molecular weight is 428 g/mol. The van der Waals surface area contributed by atoms with Crippen LogP contribution in [0.1, 0.15) is 32.3 Å². The van der Waals surface area contributed by atoms with Crippen molar-refractivity contribution in [2.75, 3.05) is 0 Å². The van der Waals surface area contributed by atoms with E-state index in [2.05, 4.69) is 20.1 Å². The molecular formula is C20H22ClN7O2. The van der Waals surface area contributed by atoms with Crippen LogP contribution in [0.2, 0.25) is 5.15 Å². The van der Waals surface area contributed by atoms with Crippen molar-refractivity contribution in [3.05, 3.63) is 62.3 Å². The standard InChI is InChI=1S/C20H22ClN7O2/c1-3-7-27-18-16(19(29)28(8-4-2)20(27)30)24-17(25-18)14-10-23-26(12-14)11-13-5-6-15(21)22-9-13/h5-6,9-10,12H,3-4,7-8,11H2,1-2H3,(H,24,25). The van der Waals surface area contributed by atoms with Gasteiger partial charge in [0.15, 0.2) is 5.65 Å². The third-order valence-electron chi connectivity index (χ3n) is 4.80. The van der Waals surface area contributed by atoms with Crippen molar-refractivity contribution < 1.29 is 0 Å². The van der Waals surface area contributed by atoms with Crippen molar-refractivity contribution in [1.29, 1.82) is 0 Å². The fourth-order valence-electron chi connectivity index (χ4n) is 3.41. The highest BCUT2D eigenvalue weighted by atomic mass is 35.5. The van der Waals surface area contributed by atoms with E-state index in [-0.39, 0.29) is 11.2 Å². The second-order valence-corrected chi connectivity index (χ2v) is 7.48. The van der Waals surface area contributed by atoms with Gasteiger partial charge in [0.05, 0.1) is 18.3 Å². The molecule has 4 rings (SSSR count). The zero-order chi connectivity index (χ0) is 21.3. The Hall–Kier alpha value is -3.20. The van der Waals surface area contributed by atoms with Gasteiger partial charge in [-0.25, -0.2) is 14.8 Å². The van der Waals surface area contributed by atoms with Crippen molar-refractivity contribution in [3.63, 3.8) is 0 Å². The van der Waals surface area contributed by atoms with Gasteiger partial charge in [0.25, 0.3) is 5.56 Å². The molecule has 0 atom stereocenters. The van der Waals surface area contributed by atoms with Gasteiger partial charge in [-0.15, -0.1) is 0 Å². The van der Waals surface area contributed by atoms with Crippen LogP contribution in [0.5, 0.6) is 0 Å². The molecular weight excluding hydrogens is 406 g/mol. The number of hydrogen-bond donors (Lipinski definition) is 1. The molecule has 4 aromatic rings. The first-order chi connectivity index (χ1) is 14.5. The zero-order valence-electron chi connectivity index (χ0n) is 16.8. The fourth-order valence-corrected chi connectivity index (χ4v) is 3.52. The van der Waals surface area contributed by atoms with Crippen molar-refractivity contribution in [2.45, 2.75) is 46.3 Å². The van der Waals surface area contributed by atoms with Gasteiger partial charge in [0.2, 0.25) is 0 Å². The van der Waals surface area contributed by atoms with Gasteiger partial charge in [-0.1, -0.05) is 31.5 Å². The molecule has 4 aromatic heterocycles. The largest absolute Gasteiger partial charge is 0.332 e. The molecule has 0 unspecified atom stereocenters. The number of aromatic amines is 1. The molecule has 1 N–H and O–H groups in total. The molecule has 0 bridgehead atoms. The Bertz CT molecular complexity index is 1300. The fraction of sp³-hybridized carbons (Fsp3) is 0.350. The van der Waals surface area contributed by atoms with E-state index in [0.717, 1.165) is 17.5 Å². The summed E-state index contributed by atoms with van der Waals surface area (Å²) in [7, 11) is 0. The molecule has 4 heterocycles. The van der Waals surface area contributed by atoms with Crippen molar-refractivity contribution in [1.82, 2.24) is 33.9 Å². The van der Waals surface area contributed by atoms with Crippen LogP contribution in [-0.2, 0) is 19.6 Å².